The van der Waals surface area contributed by atoms with Crippen molar-refractivity contribution >= 4 is 23.0 Å². The number of amides is 1. The van der Waals surface area contributed by atoms with Gasteiger partial charge in [0.25, 0.3) is 0 Å². The predicted molar refractivity (Wildman–Crippen MR) is 132 cm³/mol. The summed E-state index contributed by atoms with van der Waals surface area (Å²) in [6, 6.07) is 8.45. The van der Waals surface area contributed by atoms with E-state index in [2.05, 4.69) is 40.4 Å². The summed E-state index contributed by atoms with van der Waals surface area (Å²) in [7, 11) is 0. The molecule has 35 heavy (non-hydrogen) atoms. The molecule has 3 heterocycles. The minimum atomic E-state index is -0.350. The molecule has 0 unspecified atom stereocenters. The van der Waals surface area contributed by atoms with Crippen LogP contribution in [0, 0.1) is 0 Å². The van der Waals surface area contributed by atoms with E-state index in [1.807, 2.05) is 18.5 Å². The molecular weight excluding hydrogens is 448 g/mol. The zero-order chi connectivity index (χ0) is 24.6. The molecule has 0 spiro atoms. The van der Waals surface area contributed by atoms with Crippen LogP contribution in [0.5, 0.6) is 0 Å². The molecule has 1 amide bonds. The van der Waals surface area contributed by atoms with Crippen molar-refractivity contribution in [1.29, 1.82) is 0 Å². The van der Waals surface area contributed by atoms with Gasteiger partial charge in [-0.15, -0.1) is 0 Å². The number of benzene rings is 1. The summed E-state index contributed by atoms with van der Waals surface area (Å²) in [4.78, 5) is 27.7. The van der Waals surface area contributed by atoms with Gasteiger partial charge in [0.1, 0.15) is 11.2 Å². The highest BCUT2D eigenvalue weighted by Crippen LogP contribution is 2.29. The van der Waals surface area contributed by atoms with Crippen LogP contribution in [0.25, 0.3) is 22.4 Å². The van der Waals surface area contributed by atoms with Crippen LogP contribution < -0.4 is 10.4 Å². The van der Waals surface area contributed by atoms with E-state index in [1.165, 1.54) is 0 Å². The predicted octanol–water partition coefficient (Wildman–Crippen LogP) is 3.49. The molecule has 188 valence electrons. The Bertz CT molecular complexity index is 1130. The SMILES string of the molecule is CC(C)n1cnc2c(-c3cccc(COCCCCCC(=O)NO)c3)nc(N3CCOCC3)nc21. The van der Waals surface area contributed by atoms with Crippen molar-refractivity contribution in [1.82, 2.24) is 25.0 Å². The number of fused-ring (bicyclic) bond motifs is 1. The molecule has 1 aromatic carbocycles. The molecule has 10 heteroatoms. The minimum absolute atomic E-state index is 0.234. The van der Waals surface area contributed by atoms with Crippen molar-refractivity contribution in [3.8, 4) is 11.3 Å². The Balaban J connectivity index is 1.49. The number of carbonyl (C=O) groups excluding carboxylic acids is 1. The zero-order valence-electron chi connectivity index (χ0n) is 20.4. The zero-order valence-corrected chi connectivity index (χ0v) is 20.4. The third-order valence-corrected chi connectivity index (χ3v) is 6.05. The molecule has 0 aliphatic carbocycles. The number of nitrogens with zero attached hydrogens (tertiary/aromatic N) is 5. The number of morpholine rings is 1. The lowest BCUT2D eigenvalue weighted by molar-refractivity contribution is -0.129. The third-order valence-electron chi connectivity index (χ3n) is 6.05. The fourth-order valence-electron chi connectivity index (χ4n) is 4.11. The quantitative estimate of drug-likeness (QED) is 0.242. The fourth-order valence-corrected chi connectivity index (χ4v) is 4.11. The molecule has 0 bridgehead atoms. The Morgan fingerprint density at radius 1 is 1.20 bits per heavy atom. The third kappa shape index (κ3) is 6.33. The van der Waals surface area contributed by atoms with E-state index < -0.39 is 0 Å². The number of nitrogens with one attached hydrogen (secondary N) is 1. The Labute approximate surface area is 205 Å². The van der Waals surface area contributed by atoms with Crippen LogP contribution in [-0.4, -0.2) is 63.5 Å². The van der Waals surface area contributed by atoms with Gasteiger partial charge in [-0.2, -0.15) is 4.98 Å². The Morgan fingerprint density at radius 3 is 2.80 bits per heavy atom. The Hall–Kier alpha value is -3.08. The van der Waals surface area contributed by atoms with Gasteiger partial charge in [0.05, 0.1) is 26.1 Å². The van der Waals surface area contributed by atoms with Crippen LogP contribution in [0.2, 0.25) is 0 Å². The molecule has 0 radical (unpaired) electrons. The van der Waals surface area contributed by atoms with Crippen LogP contribution in [0.15, 0.2) is 30.6 Å². The standard InChI is InChI=1S/C25H34N6O4/c1-18(2)31-17-26-23-22(27-25(28-24(23)31)30-10-13-34-14-11-30)20-8-6-7-19(15-20)16-35-12-5-3-4-9-21(32)29-33/h6-8,15,17-18,33H,3-5,9-14,16H2,1-2H3,(H,29,32). The van der Waals surface area contributed by atoms with E-state index in [9.17, 15) is 4.79 Å². The largest absolute Gasteiger partial charge is 0.378 e. The normalized spacial score (nSPS) is 14.1. The molecule has 0 atom stereocenters. The molecule has 3 aromatic rings. The van der Waals surface area contributed by atoms with Gasteiger partial charge in [0.15, 0.2) is 5.65 Å². The van der Waals surface area contributed by atoms with E-state index in [0.29, 0.717) is 38.8 Å². The van der Waals surface area contributed by atoms with Gasteiger partial charge >= 0.3 is 0 Å². The number of anilines is 1. The Kier molecular flexibility index (Phi) is 8.62. The topological polar surface area (TPSA) is 115 Å². The number of hydrogen-bond donors (Lipinski definition) is 2. The maximum atomic E-state index is 11.0. The van der Waals surface area contributed by atoms with E-state index in [0.717, 1.165) is 60.3 Å². The molecule has 0 saturated carbocycles. The van der Waals surface area contributed by atoms with Gasteiger partial charge < -0.3 is 18.9 Å². The second-order valence-electron chi connectivity index (χ2n) is 8.99. The molecular formula is C25H34N6O4. The molecule has 2 N–H and O–H groups in total. The molecule has 2 aromatic heterocycles. The van der Waals surface area contributed by atoms with Crippen molar-refractivity contribution in [2.24, 2.45) is 0 Å². The summed E-state index contributed by atoms with van der Waals surface area (Å²) in [5.74, 6) is 0.353. The average molecular weight is 483 g/mol. The maximum Gasteiger partial charge on any atom is 0.243 e. The van der Waals surface area contributed by atoms with Crippen molar-refractivity contribution in [2.75, 3.05) is 37.8 Å². The first-order chi connectivity index (χ1) is 17.1. The first-order valence-electron chi connectivity index (χ1n) is 12.2. The van der Waals surface area contributed by atoms with Crippen LogP contribution in [0.4, 0.5) is 5.95 Å². The monoisotopic (exact) mass is 482 g/mol. The summed E-state index contributed by atoms with van der Waals surface area (Å²) >= 11 is 0. The lowest BCUT2D eigenvalue weighted by Gasteiger charge is -2.27. The van der Waals surface area contributed by atoms with Crippen LogP contribution in [0.3, 0.4) is 0 Å². The molecule has 1 aliphatic rings. The highest BCUT2D eigenvalue weighted by atomic mass is 16.5. The number of ether oxygens (including phenoxy) is 2. The van der Waals surface area contributed by atoms with Gasteiger partial charge in [0.2, 0.25) is 11.9 Å². The van der Waals surface area contributed by atoms with Gasteiger partial charge in [-0.1, -0.05) is 24.6 Å². The molecule has 4 rings (SSSR count). The van der Waals surface area contributed by atoms with Crippen LogP contribution in [0.1, 0.15) is 51.1 Å². The highest BCUT2D eigenvalue weighted by molar-refractivity contribution is 5.88. The first-order valence-corrected chi connectivity index (χ1v) is 12.2. The van der Waals surface area contributed by atoms with Gasteiger partial charge in [-0.3, -0.25) is 10.0 Å². The molecule has 10 nitrogen and oxygen atoms in total. The lowest BCUT2D eigenvalue weighted by Crippen LogP contribution is -2.37. The molecule has 1 fully saturated rings. The summed E-state index contributed by atoms with van der Waals surface area (Å²) in [5.41, 5.74) is 6.15. The second kappa shape index (κ2) is 12.1. The highest BCUT2D eigenvalue weighted by Gasteiger charge is 2.21. The number of unbranched alkanes of at least 4 members (excludes halogenated alkanes) is 2. The van der Waals surface area contributed by atoms with Gasteiger partial charge in [-0.05, 0) is 38.3 Å². The smallest absolute Gasteiger partial charge is 0.243 e. The van der Waals surface area contributed by atoms with E-state index in [1.54, 1.807) is 5.48 Å². The number of rotatable bonds is 11. The van der Waals surface area contributed by atoms with Gasteiger partial charge in [-0.25, -0.2) is 15.4 Å². The number of imidazole rings is 1. The van der Waals surface area contributed by atoms with Crippen LogP contribution in [-0.2, 0) is 20.9 Å². The Morgan fingerprint density at radius 2 is 2.03 bits per heavy atom. The number of aromatic nitrogens is 4. The fraction of sp³-hybridized carbons (Fsp3) is 0.520. The summed E-state index contributed by atoms with van der Waals surface area (Å²) in [6.45, 7) is 8.22. The van der Waals surface area contributed by atoms with Crippen molar-refractivity contribution in [3.05, 3.63) is 36.2 Å². The first kappa shape index (κ1) is 25.0. The van der Waals surface area contributed by atoms with Crippen molar-refractivity contribution in [3.63, 3.8) is 0 Å². The minimum Gasteiger partial charge on any atom is -0.378 e. The number of hydrogen-bond acceptors (Lipinski definition) is 8. The summed E-state index contributed by atoms with van der Waals surface area (Å²) < 4.78 is 13.5. The second-order valence-corrected chi connectivity index (χ2v) is 8.99. The molecule has 1 saturated heterocycles. The van der Waals surface area contributed by atoms with E-state index in [4.69, 9.17) is 24.6 Å². The molecule has 1 aliphatic heterocycles. The summed E-state index contributed by atoms with van der Waals surface area (Å²) in [5, 5.41) is 8.53. The maximum absolute atomic E-state index is 11.0. The average Bonchev–Trinajstić information content (AvgIpc) is 3.32. The van der Waals surface area contributed by atoms with E-state index in [-0.39, 0.29) is 11.9 Å². The van der Waals surface area contributed by atoms with E-state index >= 15 is 0 Å². The van der Waals surface area contributed by atoms with Crippen molar-refractivity contribution < 1.29 is 19.5 Å². The van der Waals surface area contributed by atoms with Crippen molar-refractivity contribution in [2.45, 2.75) is 52.2 Å². The number of carbonyl (C=O) groups is 1. The van der Waals surface area contributed by atoms with Crippen LogP contribution >= 0.6 is 0 Å². The number of hydroxylamine groups is 1. The van der Waals surface area contributed by atoms with Gasteiger partial charge in [0, 0.05) is 37.7 Å². The lowest BCUT2D eigenvalue weighted by atomic mass is 10.1. The summed E-state index contributed by atoms with van der Waals surface area (Å²) in [6.07, 6.45) is 4.62.